The Bertz CT molecular complexity index is 1040. The van der Waals surface area contributed by atoms with Crippen molar-refractivity contribution in [3.8, 4) is 0 Å². The monoisotopic (exact) mass is 483 g/mol. The van der Waals surface area contributed by atoms with Gasteiger partial charge in [0.15, 0.2) is 5.72 Å². The number of ketones is 1. The van der Waals surface area contributed by atoms with Crippen molar-refractivity contribution in [3.05, 3.63) is 12.2 Å². The highest BCUT2D eigenvalue weighted by molar-refractivity contribution is 5.86. The topological polar surface area (TPSA) is 76.1 Å². The first-order valence-corrected chi connectivity index (χ1v) is 13.9. The summed E-state index contributed by atoms with van der Waals surface area (Å²) in [5.74, 6) is 0.574. The molecule has 3 aliphatic carbocycles. The summed E-state index contributed by atoms with van der Waals surface area (Å²) < 4.78 is 13.4. The van der Waals surface area contributed by atoms with Crippen LogP contribution in [0.25, 0.3) is 0 Å². The van der Waals surface area contributed by atoms with Crippen LogP contribution in [0.4, 0.5) is 0 Å². The number of carbonyl (C=O) groups excluding carboxylic acids is 2. The molecule has 6 heteroatoms. The number of hydrogen-bond acceptors (Lipinski definition) is 6. The van der Waals surface area contributed by atoms with Crippen molar-refractivity contribution < 1.29 is 24.2 Å². The molecule has 0 unspecified atom stereocenters. The number of ether oxygens (including phenoxy) is 2. The number of aliphatic hydroxyl groups excluding tert-OH is 1. The molecule has 192 valence electrons. The van der Waals surface area contributed by atoms with E-state index in [2.05, 4.69) is 39.2 Å². The first-order valence-electron chi connectivity index (χ1n) is 13.9. The van der Waals surface area contributed by atoms with E-state index in [1.165, 1.54) is 0 Å². The molecule has 11 atom stereocenters. The van der Waals surface area contributed by atoms with Gasteiger partial charge in [-0.05, 0) is 67.1 Å². The first-order chi connectivity index (χ1) is 16.4. The minimum absolute atomic E-state index is 0.0401. The van der Waals surface area contributed by atoms with Gasteiger partial charge in [-0.1, -0.05) is 39.8 Å². The van der Waals surface area contributed by atoms with Gasteiger partial charge in [0, 0.05) is 30.7 Å². The van der Waals surface area contributed by atoms with Crippen molar-refractivity contribution in [2.24, 2.45) is 39.9 Å². The standard InChI is InChI=1S/C29H41NO5/c1-16-9-20-19(21(31)10-16)11-22(32)24-25(20,3)15-29-27(5,26(24,4)13-23(33)35-29)6-7-28-12-17(2)8-18(34-28)14-30(28)29/h17-21,24,31H,1,6-15H2,2-5H3/t17-,18+,19-,20+,21-,24-,25-,26-,27-,28-,29+/m0/s1. The summed E-state index contributed by atoms with van der Waals surface area (Å²) in [6.45, 7) is 14.2. The van der Waals surface area contributed by atoms with E-state index in [4.69, 9.17) is 9.47 Å². The molecule has 4 saturated heterocycles. The average molecular weight is 484 g/mol. The molecule has 1 spiro atoms. The lowest BCUT2D eigenvalue weighted by atomic mass is 9.34. The lowest BCUT2D eigenvalue weighted by Crippen LogP contribution is -2.82. The molecule has 0 amide bonds. The van der Waals surface area contributed by atoms with Crippen LogP contribution in [0.2, 0.25) is 0 Å². The number of Topliss-reactive ketones (excluding diaryl/α,β-unsaturated/α-hetero) is 1. The van der Waals surface area contributed by atoms with Gasteiger partial charge in [0.2, 0.25) is 0 Å². The second kappa shape index (κ2) is 6.60. The van der Waals surface area contributed by atoms with Crippen LogP contribution in [0.1, 0.15) is 85.5 Å². The minimum atomic E-state index is -0.786. The second-order valence-electron chi connectivity index (χ2n) is 14.3. The molecule has 0 radical (unpaired) electrons. The van der Waals surface area contributed by atoms with Crippen molar-refractivity contribution in [3.63, 3.8) is 0 Å². The van der Waals surface area contributed by atoms with Crippen LogP contribution in [-0.4, -0.2) is 52.0 Å². The Morgan fingerprint density at radius 3 is 2.66 bits per heavy atom. The van der Waals surface area contributed by atoms with Gasteiger partial charge in [0.25, 0.3) is 0 Å². The Balaban J connectivity index is 1.43. The van der Waals surface area contributed by atoms with E-state index in [-0.39, 0.29) is 52.2 Å². The van der Waals surface area contributed by atoms with Gasteiger partial charge in [-0.15, -0.1) is 0 Å². The van der Waals surface area contributed by atoms with Gasteiger partial charge >= 0.3 is 5.97 Å². The number of fused-ring (bicyclic) bond motifs is 5. The van der Waals surface area contributed by atoms with E-state index in [1.807, 2.05) is 0 Å². The smallest absolute Gasteiger partial charge is 0.308 e. The van der Waals surface area contributed by atoms with E-state index in [9.17, 15) is 14.7 Å². The molecule has 0 aromatic carbocycles. The van der Waals surface area contributed by atoms with E-state index >= 15 is 0 Å². The van der Waals surface area contributed by atoms with Gasteiger partial charge in [0.1, 0.15) is 11.5 Å². The summed E-state index contributed by atoms with van der Waals surface area (Å²) in [6.07, 6.45) is 6.29. The third-order valence-corrected chi connectivity index (χ3v) is 12.5. The molecule has 0 aromatic rings. The largest absolute Gasteiger partial charge is 0.443 e. The van der Waals surface area contributed by atoms with E-state index in [1.54, 1.807) is 0 Å². The number of nitrogens with zero attached hydrogens (tertiary/aromatic N) is 1. The predicted molar refractivity (Wildman–Crippen MR) is 129 cm³/mol. The molecule has 35 heavy (non-hydrogen) atoms. The van der Waals surface area contributed by atoms with Crippen LogP contribution >= 0.6 is 0 Å². The van der Waals surface area contributed by atoms with Crippen molar-refractivity contribution in [1.82, 2.24) is 4.90 Å². The zero-order valence-corrected chi connectivity index (χ0v) is 21.8. The van der Waals surface area contributed by atoms with Gasteiger partial charge in [-0.25, -0.2) is 4.90 Å². The van der Waals surface area contributed by atoms with Crippen molar-refractivity contribution in [2.75, 3.05) is 6.54 Å². The molecule has 7 rings (SSSR count). The quantitative estimate of drug-likeness (QED) is 0.411. The molecular formula is C29H41NO5. The van der Waals surface area contributed by atoms with E-state index < -0.39 is 17.2 Å². The molecule has 7 aliphatic rings. The highest BCUT2D eigenvalue weighted by atomic mass is 16.6. The molecule has 1 N–H and O–H groups in total. The van der Waals surface area contributed by atoms with Crippen LogP contribution in [-0.2, 0) is 19.1 Å². The highest BCUT2D eigenvalue weighted by Gasteiger charge is 2.82. The number of rotatable bonds is 0. The van der Waals surface area contributed by atoms with Crippen molar-refractivity contribution in [1.29, 1.82) is 0 Å². The van der Waals surface area contributed by atoms with Gasteiger partial charge in [-0.3, -0.25) is 9.59 Å². The number of piperidine rings is 1. The maximum Gasteiger partial charge on any atom is 0.308 e. The van der Waals surface area contributed by atoms with Crippen LogP contribution < -0.4 is 0 Å². The fourth-order valence-electron chi connectivity index (χ4n) is 11.2. The molecule has 4 heterocycles. The number of esters is 1. The summed E-state index contributed by atoms with van der Waals surface area (Å²) >= 11 is 0. The minimum Gasteiger partial charge on any atom is -0.443 e. The number of carbonyl (C=O) groups is 2. The SMILES string of the molecule is C=C1C[C@@H]2[C@H](CC(=O)[C@H]3[C@@]2(C)C[C@@]24OC(=O)C[C@]3(C)[C@]2(C)CC[C@]23C[C@@H](C)C[C@H](CN24)O3)[C@@H](O)C1. The van der Waals surface area contributed by atoms with Crippen LogP contribution in [0.15, 0.2) is 12.2 Å². The molecule has 0 aromatic heterocycles. The Morgan fingerprint density at radius 1 is 1.11 bits per heavy atom. The summed E-state index contributed by atoms with van der Waals surface area (Å²) in [7, 11) is 0. The normalized spacial score (nSPS) is 59.2. The van der Waals surface area contributed by atoms with Gasteiger partial charge in [-0.2, -0.15) is 0 Å². The summed E-state index contributed by atoms with van der Waals surface area (Å²) in [5, 5.41) is 11.1. The fraction of sp³-hybridized carbons (Fsp3) is 0.862. The lowest BCUT2D eigenvalue weighted by Gasteiger charge is -2.76. The fourth-order valence-corrected chi connectivity index (χ4v) is 11.2. The molecular weight excluding hydrogens is 442 g/mol. The molecule has 7 fully saturated rings. The summed E-state index contributed by atoms with van der Waals surface area (Å²) in [5.41, 5.74) is -1.28. The summed E-state index contributed by atoms with van der Waals surface area (Å²) in [6, 6.07) is 0. The summed E-state index contributed by atoms with van der Waals surface area (Å²) in [4.78, 5) is 30.0. The molecule has 6 nitrogen and oxygen atoms in total. The molecule has 3 saturated carbocycles. The van der Waals surface area contributed by atoms with Crippen LogP contribution in [0.5, 0.6) is 0 Å². The first kappa shape index (κ1) is 22.9. The zero-order valence-electron chi connectivity index (χ0n) is 21.8. The third kappa shape index (κ3) is 2.48. The Labute approximate surface area is 208 Å². The maximum absolute atomic E-state index is 14.1. The van der Waals surface area contributed by atoms with Crippen LogP contribution in [0.3, 0.4) is 0 Å². The Morgan fingerprint density at radius 2 is 1.89 bits per heavy atom. The van der Waals surface area contributed by atoms with Crippen molar-refractivity contribution >= 4 is 11.8 Å². The Kier molecular flexibility index (Phi) is 4.32. The maximum atomic E-state index is 14.1. The predicted octanol–water partition coefficient (Wildman–Crippen LogP) is 4.21. The van der Waals surface area contributed by atoms with Crippen LogP contribution in [0, 0.1) is 39.9 Å². The Hall–Kier alpha value is -1.24. The number of hydrogen-bond donors (Lipinski definition) is 1. The third-order valence-electron chi connectivity index (χ3n) is 12.5. The highest BCUT2D eigenvalue weighted by Crippen LogP contribution is 2.77. The van der Waals surface area contributed by atoms with E-state index in [0.717, 1.165) is 44.2 Å². The average Bonchev–Trinajstić information content (AvgIpc) is 3.01. The zero-order chi connectivity index (χ0) is 24.8. The van der Waals surface area contributed by atoms with Crippen molar-refractivity contribution in [2.45, 2.75) is 109 Å². The van der Waals surface area contributed by atoms with Gasteiger partial charge in [0.05, 0.1) is 18.6 Å². The number of aliphatic hydroxyl groups is 1. The van der Waals surface area contributed by atoms with Gasteiger partial charge < -0.3 is 14.6 Å². The lowest BCUT2D eigenvalue weighted by molar-refractivity contribution is -0.380. The molecule has 4 aliphatic heterocycles. The molecule has 4 bridgehead atoms. The second-order valence-corrected chi connectivity index (χ2v) is 14.3. The van der Waals surface area contributed by atoms with E-state index in [0.29, 0.717) is 31.6 Å².